The maximum absolute atomic E-state index is 5.90. The Morgan fingerprint density at radius 3 is 2.50 bits per heavy atom. The summed E-state index contributed by atoms with van der Waals surface area (Å²) in [5.41, 5.74) is 1.30. The van der Waals surface area contributed by atoms with Gasteiger partial charge in [-0.2, -0.15) is 0 Å². The van der Waals surface area contributed by atoms with Crippen LogP contribution in [0.25, 0.3) is 0 Å². The normalized spacial score (nSPS) is 25.2. The maximum atomic E-state index is 5.90. The highest BCUT2D eigenvalue weighted by atomic mass is 35.5. The minimum Gasteiger partial charge on any atom is -0.372 e. The fourth-order valence-electron chi connectivity index (χ4n) is 2.26. The first-order chi connectivity index (χ1) is 7.29. The van der Waals surface area contributed by atoms with E-state index in [0.717, 1.165) is 6.61 Å². The van der Waals surface area contributed by atoms with Crippen molar-refractivity contribution in [1.82, 2.24) is 4.90 Å². The Morgan fingerprint density at radius 1 is 1.19 bits per heavy atom. The van der Waals surface area contributed by atoms with Crippen molar-refractivity contribution in [1.29, 1.82) is 0 Å². The summed E-state index contributed by atoms with van der Waals surface area (Å²) < 4.78 is 5.90. The zero-order valence-corrected chi connectivity index (χ0v) is 10.7. The van der Waals surface area contributed by atoms with Crippen molar-refractivity contribution < 1.29 is 4.74 Å². The third-order valence-electron chi connectivity index (χ3n) is 3.08. The Bertz CT molecular complexity index is 302. The minimum atomic E-state index is 0. The molecule has 3 heteroatoms. The fourth-order valence-corrected chi connectivity index (χ4v) is 2.26. The monoisotopic (exact) mass is 241 g/mol. The largest absolute Gasteiger partial charge is 0.372 e. The molecule has 2 unspecified atom stereocenters. The summed E-state index contributed by atoms with van der Waals surface area (Å²) in [5, 5.41) is 0. The van der Waals surface area contributed by atoms with Gasteiger partial charge in [0.05, 0.1) is 6.10 Å². The van der Waals surface area contributed by atoms with Gasteiger partial charge in [0.15, 0.2) is 0 Å². The van der Waals surface area contributed by atoms with Crippen LogP contribution in [0.1, 0.15) is 24.5 Å². The Balaban J connectivity index is 0.00000128. The second-order valence-electron chi connectivity index (χ2n) is 4.38. The first kappa shape index (κ1) is 13.5. The summed E-state index contributed by atoms with van der Waals surface area (Å²) in [6.45, 7) is 0.893. The highest BCUT2D eigenvalue weighted by Crippen LogP contribution is 2.30. The highest BCUT2D eigenvalue weighted by molar-refractivity contribution is 5.85. The van der Waals surface area contributed by atoms with Gasteiger partial charge in [-0.1, -0.05) is 30.3 Å². The molecule has 0 amide bonds. The van der Waals surface area contributed by atoms with Crippen molar-refractivity contribution in [2.24, 2.45) is 0 Å². The molecule has 2 atom stereocenters. The van der Waals surface area contributed by atoms with Crippen LogP contribution in [-0.2, 0) is 4.74 Å². The van der Waals surface area contributed by atoms with Crippen LogP contribution in [0.5, 0.6) is 0 Å². The van der Waals surface area contributed by atoms with Crippen LogP contribution in [0.2, 0.25) is 0 Å². The fraction of sp³-hybridized carbons (Fsp3) is 0.538. The Hall–Kier alpha value is -0.570. The van der Waals surface area contributed by atoms with Crippen molar-refractivity contribution in [3.05, 3.63) is 35.9 Å². The van der Waals surface area contributed by atoms with Gasteiger partial charge >= 0.3 is 0 Å². The number of hydrogen-bond acceptors (Lipinski definition) is 2. The van der Waals surface area contributed by atoms with Gasteiger partial charge in [-0.25, -0.2) is 0 Å². The molecule has 1 heterocycles. The summed E-state index contributed by atoms with van der Waals surface area (Å²) in [6, 6.07) is 11.1. The molecule has 90 valence electrons. The molecule has 1 aromatic rings. The molecule has 1 aromatic carbocycles. The molecule has 0 radical (unpaired) electrons. The minimum absolute atomic E-state index is 0. The van der Waals surface area contributed by atoms with Gasteiger partial charge in [0.2, 0.25) is 0 Å². The highest BCUT2D eigenvalue weighted by Gasteiger charge is 2.28. The van der Waals surface area contributed by atoms with Crippen LogP contribution in [0.3, 0.4) is 0 Å². The molecule has 0 aromatic heterocycles. The Kier molecular flexibility index (Phi) is 5.26. The van der Waals surface area contributed by atoms with Crippen molar-refractivity contribution in [3.63, 3.8) is 0 Å². The molecule has 0 saturated carbocycles. The molecule has 0 bridgehead atoms. The molecule has 2 rings (SSSR count). The van der Waals surface area contributed by atoms with Crippen LogP contribution >= 0.6 is 12.4 Å². The zero-order chi connectivity index (χ0) is 10.7. The second kappa shape index (κ2) is 6.24. The molecular weight excluding hydrogens is 222 g/mol. The van der Waals surface area contributed by atoms with Gasteiger partial charge in [0.1, 0.15) is 0 Å². The van der Waals surface area contributed by atoms with Crippen molar-refractivity contribution in [2.45, 2.75) is 25.0 Å². The van der Waals surface area contributed by atoms with Gasteiger partial charge in [-0.05, 0) is 32.5 Å². The molecule has 0 aliphatic carbocycles. The molecule has 0 N–H and O–H groups in total. The SMILES string of the molecule is CN(C)C1CCCOC1c1ccccc1.Cl. The number of halogens is 1. The summed E-state index contributed by atoms with van der Waals surface area (Å²) in [6.07, 6.45) is 2.65. The smallest absolute Gasteiger partial charge is 0.0979 e. The van der Waals surface area contributed by atoms with Gasteiger partial charge in [0.25, 0.3) is 0 Å². The summed E-state index contributed by atoms with van der Waals surface area (Å²) >= 11 is 0. The molecule has 2 nitrogen and oxygen atoms in total. The van der Waals surface area contributed by atoms with E-state index in [1.54, 1.807) is 0 Å². The number of likely N-dealkylation sites (N-methyl/N-ethyl adjacent to an activating group) is 1. The lowest BCUT2D eigenvalue weighted by atomic mass is 9.95. The molecule has 0 spiro atoms. The van der Waals surface area contributed by atoms with E-state index in [-0.39, 0.29) is 18.5 Å². The predicted molar refractivity (Wildman–Crippen MR) is 69.1 cm³/mol. The molecule has 1 fully saturated rings. The van der Waals surface area contributed by atoms with Crippen LogP contribution in [0.15, 0.2) is 30.3 Å². The number of nitrogens with zero attached hydrogens (tertiary/aromatic N) is 1. The first-order valence-corrected chi connectivity index (χ1v) is 5.62. The maximum Gasteiger partial charge on any atom is 0.0979 e. The van der Waals surface area contributed by atoms with Gasteiger partial charge in [-0.3, -0.25) is 0 Å². The number of rotatable bonds is 2. The van der Waals surface area contributed by atoms with Gasteiger partial charge in [-0.15, -0.1) is 12.4 Å². The summed E-state index contributed by atoms with van der Waals surface area (Å²) in [4.78, 5) is 2.27. The standard InChI is InChI=1S/C13H19NO.ClH/c1-14(2)12-9-6-10-15-13(12)11-7-4-3-5-8-11;/h3-5,7-8,12-13H,6,9-10H2,1-2H3;1H. The third-order valence-corrected chi connectivity index (χ3v) is 3.08. The van der Waals surface area contributed by atoms with Gasteiger partial charge < -0.3 is 9.64 Å². The van der Waals surface area contributed by atoms with E-state index in [1.165, 1.54) is 18.4 Å². The van der Waals surface area contributed by atoms with Crippen LogP contribution < -0.4 is 0 Å². The number of benzene rings is 1. The van der Waals surface area contributed by atoms with E-state index in [1.807, 2.05) is 0 Å². The lowest BCUT2D eigenvalue weighted by molar-refractivity contribution is -0.0401. The van der Waals surface area contributed by atoms with Crippen molar-refractivity contribution >= 4 is 12.4 Å². The lowest BCUT2D eigenvalue weighted by Gasteiger charge is -2.36. The quantitative estimate of drug-likeness (QED) is 0.790. The van der Waals surface area contributed by atoms with Crippen molar-refractivity contribution in [2.75, 3.05) is 20.7 Å². The second-order valence-corrected chi connectivity index (χ2v) is 4.38. The molecule has 1 aliphatic rings. The topological polar surface area (TPSA) is 12.5 Å². The zero-order valence-electron chi connectivity index (χ0n) is 9.93. The third kappa shape index (κ3) is 2.97. The molecule has 1 aliphatic heterocycles. The van der Waals surface area contributed by atoms with Gasteiger partial charge in [0, 0.05) is 12.6 Å². The Morgan fingerprint density at radius 2 is 1.88 bits per heavy atom. The average Bonchev–Trinajstić information content (AvgIpc) is 2.30. The number of hydrogen-bond donors (Lipinski definition) is 0. The van der Waals surface area contributed by atoms with Crippen LogP contribution in [0.4, 0.5) is 0 Å². The average molecular weight is 242 g/mol. The Labute approximate surface area is 104 Å². The van der Waals surface area contributed by atoms with E-state index in [9.17, 15) is 0 Å². The predicted octanol–water partition coefficient (Wildman–Crippen LogP) is 2.89. The summed E-state index contributed by atoms with van der Waals surface area (Å²) in [5.74, 6) is 0. The van der Waals surface area contributed by atoms with E-state index in [4.69, 9.17) is 4.74 Å². The van der Waals surface area contributed by atoms with E-state index >= 15 is 0 Å². The van der Waals surface area contributed by atoms with Crippen LogP contribution in [-0.4, -0.2) is 31.6 Å². The summed E-state index contributed by atoms with van der Waals surface area (Å²) in [7, 11) is 4.27. The number of ether oxygens (including phenoxy) is 1. The molecule has 1 saturated heterocycles. The van der Waals surface area contributed by atoms with E-state index < -0.39 is 0 Å². The molecule has 16 heavy (non-hydrogen) atoms. The van der Waals surface area contributed by atoms with E-state index in [2.05, 4.69) is 49.3 Å². The van der Waals surface area contributed by atoms with E-state index in [0.29, 0.717) is 6.04 Å². The lowest BCUT2D eigenvalue weighted by Crippen LogP contribution is -2.38. The van der Waals surface area contributed by atoms with Crippen molar-refractivity contribution in [3.8, 4) is 0 Å². The molecular formula is C13H20ClNO. The first-order valence-electron chi connectivity index (χ1n) is 5.62. The van der Waals surface area contributed by atoms with Crippen LogP contribution in [0, 0.1) is 0 Å².